The third-order valence-corrected chi connectivity index (χ3v) is 3.89. The largest absolute Gasteiger partial charge is 0.481 e. The van der Waals surface area contributed by atoms with Gasteiger partial charge in [-0.25, -0.2) is 0 Å². The van der Waals surface area contributed by atoms with Gasteiger partial charge in [0.2, 0.25) is 0 Å². The van der Waals surface area contributed by atoms with Crippen LogP contribution in [0, 0.1) is 5.92 Å². The summed E-state index contributed by atoms with van der Waals surface area (Å²) in [6.45, 7) is 3.25. The minimum Gasteiger partial charge on any atom is -0.481 e. The normalized spacial score (nSPS) is 19.8. The summed E-state index contributed by atoms with van der Waals surface area (Å²) in [6, 6.07) is 0.595. The van der Waals surface area contributed by atoms with Gasteiger partial charge in [0.05, 0.1) is 0 Å². The highest BCUT2D eigenvalue weighted by molar-refractivity contribution is 5.66. The number of nitrogens with one attached hydrogen (secondary N) is 1. The summed E-state index contributed by atoms with van der Waals surface area (Å²) >= 11 is 0. The number of rotatable bonds is 7. The fourth-order valence-corrected chi connectivity index (χ4v) is 2.71. The summed E-state index contributed by atoms with van der Waals surface area (Å²) in [7, 11) is 0. The second kappa shape index (κ2) is 8.51. The van der Waals surface area contributed by atoms with Gasteiger partial charge in [0.25, 0.3) is 0 Å². The number of aliphatic carboxylic acids is 1. The summed E-state index contributed by atoms with van der Waals surface area (Å²) in [5.41, 5.74) is 0. The molecule has 0 aromatic heterocycles. The van der Waals surface area contributed by atoms with Crippen molar-refractivity contribution in [1.29, 1.82) is 0 Å². The summed E-state index contributed by atoms with van der Waals surface area (Å²) in [6.07, 6.45) is 10.4. The molecule has 0 aliphatic heterocycles. The van der Waals surface area contributed by atoms with E-state index in [1.807, 2.05) is 0 Å². The van der Waals surface area contributed by atoms with Crippen molar-refractivity contribution in [1.82, 2.24) is 5.32 Å². The van der Waals surface area contributed by atoms with E-state index >= 15 is 0 Å². The van der Waals surface area contributed by atoms with E-state index in [2.05, 4.69) is 12.2 Å². The first kappa shape index (κ1) is 14.5. The third-order valence-electron chi connectivity index (χ3n) is 3.89. The lowest BCUT2D eigenvalue weighted by atomic mass is 9.93. The van der Waals surface area contributed by atoms with Crippen molar-refractivity contribution in [2.24, 2.45) is 5.92 Å². The molecule has 0 amide bonds. The van der Waals surface area contributed by atoms with Crippen LogP contribution in [0.2, 0.25) is 0 Å². The predicted octanol–water partition coefficient (Wildman–Crippen LogP) is 3.19. The highest BCUT2D eigenvalue weighted by Crippen LogP contribution is 2.25. The summed E-state index contributed by atoms with van der Waals surface area (Å²) < 4.78 is 0. The van der Waals surface area contributed by atoms with Gasteiger partial charge in [-0.2, -0.15) is 0 Å². The minimum atomic E-state index is -0.679. The molecule has 0 heterocycles. The van der Waals surface area contributed by atoms with Crippen LogP contribution in [-0.2, 0) is 4.79 Å². The van der Waals surface area contributed by atoms with E-state index in [4.69, 9.17) is 5.11 Å². The van der Waals surface area contributed by atoms with Crippen LogP contribution >= 0.6 is 0 Å². The Morgan fingerprint density at radius 2 is 1.88 bits per heavy atom. The molecule has 0 radical (unpaired) electrons. The SMILES string of the molecule is C[C@@H](NCCCCC(=O)O)C1CCCCCC1. The van der Waals surface area contributed by atoms with Crippen LogP contribution < -0.4 is 5.32 Å². The van der Waals surface area contributed by atoms with E-state index in [0.717, 1.165) is 25.3 Å². The van der Waals surface area contributed by atoms with E-state index < -0.39 is 5.97 Å². The molecular formula is C14H27NO2. The molecule has 1 saturated carbocycles. The van der Waals surface area contributed by atoms with Crippen LogP contribution in [-0.4, -0.2) is 23.7 Å². The Balaban J connectivity index is 2.06. The van der Waals surface area contributed by atoms with Crippen LogP contribution in [0.1, 0.15) is 64.7 Å². The smallest absolute Gasteiger partial charge is 0.303 e. The molecule has 1 atom stereocenters. The molecule has 0 aromatic rings. The summed E-state index contributed by atoms with van der Waals surface area (Å²) in [5, 5.41) is 12.1. The number of hydrogen-bond donors (Lipinski definition) is 2. The molecule has 0 saturated heterocycles. The molecule has 1 fully saturated rings. The molecule has 2 N–H and O–H groups in total. The molecule has 0 unspecified atom stereocenters. The second-order valence-corrected chi connectivity index (χ2v) is 5.35. The van der Waals surface area contributed by atoms with E-state index in [-0.39, 0.29) is 0 Å². The van der Waals surface area contributed by atoms with Crippen molar-refractivity contribution in [2.75, 3.05) is 6.54 Å². The van der Waals surface area contributed by atoms with Crippen LogP contribution in [0.15, 0.2) is 0 Å². The molecule has 1 aliphatic rings. The average Bonchev–Trinajstić information content (AvgIpc) is 2.56. The standard InChI is InChI=1S/C14H27NO2/c1-12(13-8-4-2-3-5-9-13)15-11-7-6-10-14(16)17/h12-13,15H,2-11H2,1H3,(H,16,17)/t12-/m1/s1. The summed E-state index contributed by atoms with van der Waals surface area (Å²) in [4.78, 5) is 10.4. The highest BCUT2D eigenvalue weighted by atomic mass is 16.4. The van der Waals surface area contributed by atoms with Crippen LogP contribution in [0.3, 0.4) is 0 Å². The van der Waals surface area contributed by atoms with E-state index in [9.17, 15) is 4.79 Å². The zero-order valence-electron chi connectivity index (χ0n) is 11.1. The van der Waals surface area contributed by atoms with Gasteiger partial charge >= 0.3 is 5.97 Å². The van der Waals surface area contributed by atoms with Gasteiger partial charge in [-0.05, 0) is 45.1 Å². The molecule has 100 valence electrons. The molecule has 0 bridgehead atoms. The lowest BCUT2D eigenvalue weighted by Crippen LogP contribution is -2.34. The van der Waals surface area contributed by atoms with Gasteiger partial charge in [-0.15, -0.1) is 0 Å². The highest BCUT2D eigenvalue weighted by Gasteiger charge is 2.18. The zero-order valence-corrected chi connectivity index (χ0v) is 11.1. The Labute approximate surface area is 105 Å². The Bertz CT molecular complexity index is 210. The number of carbonyl (C=O) groups is 1. The number of carboxylic acids is 1. The second-order valence-electron chi connectivity index (χ2n) is 5.35. The molecule has 1 rings (SSSR count). The maximum atomic E-state index is 10.4. The minimum absolute atomic E-state index is 0.305. The Morgan fingerprint density at radius 3 is 2.47 bits per heavy atom. The average molecular weight is 241 g/mol. The first-order valence-electron chi connectivity index (χ1n) is 7.15. The molecule has 3 nitrogen and oxygen atoms in total. The van der Waals surface area contributed by atoms with Gasteiger partial charge in [0, 0.05) is 12.5 Å². The molecule has 17 heavy (non-hydrogen) atoms. The Morgan fingerprint density at radius 1 is 1.24 bits per heavy atom. The van der Waals surface area contributed by atoms with Crippen molar-refractivity contribution in [3.05, 3.63) is 0 Å². The maximum absolute atomic E-state index is 10.4. The van der Waals surface area contributed by atoms with E-state index in [1.54, 1.807) is 0 Å². The quantitative estimate of drug-likeness (QED) is 0.531. The van der Waals surface area contributed by atoms with Crippen molar-refractivity contribution in [3.63, 3.8) is 0 Å². The topological polar surface area (TPSA) is 49.3 Å². The fourth-order valence-electron chi connectivity index (χ4n) is 2.71. The van der Waals surface area contributed by atoms with E-state index in [1.165, 1.54) is 38.5 Å². The van der Waals surface area contributed by atoms with Crippen molar-refractivity contribution in [3.8, 4) is 0 Å². The predicted molar refractivity (Wildman–Crippen MR) is 70.1 cm³/mol. The van der Waals surface area contributed by atoms with Crippen molar-refractivity contribution in [2.45, 2.75) is 70.8 Å². The first-order chi connectivity index (χ1) is 8.20. The monoisotopic (exact) mass is 241 g/mol. The van der Waals surface area contributed by atoms with Gasteiger partial charge < -0.3 is 10.4 Å². The molecule has 0 spiro atoms. The van der Waals surface area contributed by atoms with Crippen molar-refractivity contribution >= 4 is 5.97 Å². The third kappa shape index (κ3) is 6.67. The molecular weight excluding hydrogens is 214 g/mol. The summed E-state index contributed by atoms with van der Waals surface area (Å²) in [5.74, 6) is 0.152. The van der Waals surface area contributed by atoms with Crippen LogP contribution in [0.5, 0.6) is 0 Å². The maximum Gasteiger partial charge on any atom is 0.303 e. The van der Waals surface area contributed by atoms with E-state index in [0.29, 0.717) is 12.5 Å². The zero-order chi connectivity index (χ0) is 12.5. The fraction of sp³-hybridized carbons (Fsp3) is 0.929. The Kier molecular flexibility index (Phi) is 7.25. The van der Waals surface area contributed by atoms with Gasteiger partial charge in [0.1, 0.15) is 0 Å². The van der Waals surface area contributed by atoms with Crippen LogP contribution in [0.4, 0.5) is 0 Å². The van der Waals surface area contributed by atoms with Gasteiger partial charge in [0.15, 0.2) is 0 Å². The number of unbranched alkanes of at least 4 members (excludes halogenated alkanes) is 1. The van der Waals surface area contributed by atoms with Gasteiger partial charge in [-0.3, -0.25) is 4.79 Å². The molecule has 3 heteroatoms. The van der Waals surface area contributed by atoms with Crippen LogP contribution in [0.25, 0.3) is 0 Å². The van der Waals surface area contributed by atoms with Gasteiger partial charge in [-0.1, -0.05) is 25.7 Å². The number of hydrogen-bond acceptors (Lipinski definition) is 2. The van der Waals surface area contributed by atoms with Crippen molar-refractivity contribution < 1.29 is 9.90 Å². The first-order valence-corrected chi connectivity index (χ1v) is 7.15. The Hall–Kier alpha value is -0.570. The lowest BCUT2D eigenvalue weighted by molar-refractivity contribution is -0.137. The molecule has 1 aliphatic carbocycles. The molecule has 0 aromatic carbocycles. The number of carboxylic acid groups (broad SMARTS) is 1. The lowest BCUT2D eigenvalue weighted by Gasteiger charge is -2.23.